The van der Waals surface area contributed by atoms with Gasteiger partial charge in [0.1, 0.15) is 12.4 Å². The molecular weight excluding hydrogens is 266 g/mol. The van der Waals surface area contributed by atoms with Gasteiger partial charge < -0.3 is 14.5 Å². The highest BCUT2D eigenvalue weighted by atomic mass is 16.5. The maximum absolute atomic E-state index is 11.7. The number of hydrogen-bond acceptors (Lipinski definition) is 4. The minimum Gasteiger partial charge on any atom is -0.492 e. The number of hydrogen-bond donors (Lipinski definition) is 0. The molecule has 1 amide bonds. The van der Waals surface area contributed by atoms with E-state index in [2.05, 4.69) is 23.7 Å². The van der Waals surface area contributed by atoms with Gasteiger partial charge in [-0.25, -0.2) is 0 Å². The van der Waals surface area contributed by atoms with Gasteiger partial charge in [-0.15, -0.1) is 0 Å². The Morgan fingerprint density at radius 3 is 2.57 bits per heavy atom. The maximum atomic E-state index is 11.7. The first kappa shape index (κ1) is 15.5. The Morgan fingerprint density at radius 2 is 1.95 bits per heavy atom. The van der Waals surface area contributed by atoms with Crippen LogP contribution in [0.4, 0.5) is 5.69 Å². The highest BCUT2D eigenvalue weighted by molar-refractivity contribution is 6.33. The number of likely N-dealkylation sites (N-methyl/N-ethyl adjacent to an activating group) is 1. The average Bonchev–Trinajstić information content (AvgIpc) is 2.53. The summed E-state index contributed by atoms with van der Waals surface area (Å²) >= 11 is 0. The fourth-order valence-corrected chi connectivity index (χ4v) is 2.29. The van der Waals surface area contributed by atoms with Crippen molar-refractivity contribution in [3.63, 3.8) is 0 Å². The van der Waals surface area contributed by atoms with Crippen molar-refractivity contribution in [2.75, 3.05) is 44.2 Å². The number of rotatable bonds is 7. The first-order chi connectivity index (χ1) is 10.2. The summed E-state index contributed by atoms with van der Waals surface area (Å²) in [5, 5.41) is 0. The van der Waals surface area contributed by atoms with Crippen LogP contribution in [0, 0.1) is 0 Å². The van der Waals surface area contributed by atoms with Crippen molar-refractivity contribution in [2.45, 2.75) is 13.8 Å². The fraction of sp³-hybridized carbons (Fsp3) is 0.500. The van der Waals surface area contributed by atoms with Crippen molar-refractivity contribution >= 4 is 17.8 Å². The molecule has 5 heteroatoms. The molecule has 0 aromatic heterocycles. The molecule has 0 spiro atoms. The molecule has 0 atom stereocenters. The smallest absolute Gasteiger partial charge is 0.269 e. The second kappa shape index (κ2) is 7.78. The van der Waals surface area contributed by atoms with Crippen LogP contribution in [0.2, 0.25) is 0 Å². The number of nitrogens with zero attached hydrogens (tertiary/aromatic N) is 3. The van der Waals surface area contributed by atoms with E-state index in [1.54, 1.807) is 4.90 Å². The van der Waals surface area contributed by atoms with Gasteiger partial charge in [-0.05, 0) is 37.4 Å². The molecule has 1 heterocycles. The number of anilines is 1. The summed E-state index contributed by atoms with van der Waals surface area (Å²) in [6, 6.07) is 7.67. The molecule has 0 unspecified atom stereocenters. The Labute approximate surface area is 126 Å². The van der Waals surface area contributed by atoms with E-state index in [4.69, 9.17) is 4.74 Å². The lowest BCUT2D eigenvalue weighted by Gasteiger charge is -2.23. The van der Waals surface area contributed by atoms with E-state index in [1.807, 2.05) is 24.3 Å². The van der Waals surface area contributed by atoms with Gasteiger partial charge in [0.15, 0.2) is 0 Å². The standard InChI is InChI=1S/C16H23N3O2/c1-3-18(4-2)11-12-21-15-7-5-14(6-8-15)19-10-9-17-13-16(19)20/h5-8,13H,3-4,9-12H2,1-2H3. The monoisotopic (exact) mass is 289 g/mol. The van der Waals surface area contributed by atoms with Crippen LogP contribution in [0.15, 0.2) is 29.3 Å². The van der Waals surface area contributed by atoms with Crippen LogP contribution < -0.4 is 9.64 Å². The van der Waals surface area contributed by atoms with Gasteiger partial charge in [0.25, 0.3) is 5.91 Å². The molecule has 0 saturated carbocycles. The van der Waals surface area contributed by atoms with Crippen LogP contribution >= 0.6 is 0 Å². The third kappa shape index (κ3) is 4.29. The van der Waals surface area contributed by atoms with Crippen LogP contribution in [-0.4, -0.2) is 56.4 Å². The molecule has 0 radical (unpaired) electrons. The van der Waals surface area contributed by atoms with Crippen molar-refractivity contribution in [2.24, 2.45) is 4.99 Å². The van der Waals surface area contributed by atoms with Crippen molar-refractivity contribution in [1.82, 2.24) is 4.90 Å². The number of carbonyl (C=O) groups excluding carboxylic acids is 1. The minimum atomic E-state index is -0.0588. The SMILES string of the molecule is CCN(CC)CCOc1ccc(N2CCN=CC2=O)cc1. The van der Waals surface area contributed by atoms with Crippen molar-refractivity contribution < 1.29 is 9.53 Å². The summed E-state index contributed by atoms with van der Waals surface area (Å²) in [5.41, 5.74) is 0.891. The highest BCUT2D eigenvalue weighted by Gasteiger charge is 2.16. The van der Waals surface area contributed by atoms with Crippen LogP contribution in [0.3, 0.4) is 0 Å². The average molecular weight is 289 g/mol. The lowest BCUT2D eigenvalue weighted by atomic mass is 10.2. The van der Waals surface area contributed by atoms with Gasteiger partial charge in [0.2, 0.25) is 0 Å². The van der Waals surface area contributed by atoms with Gasteiger partial charge in [0, 0.05) is 18.8 Å². The molecule has 0 aliphatic carbocycles. The van der Waals surface area contributed by atoms with Gasteiger partial charge in [-0.1, -0.05) is 13.8 Å². The molecule has 5 nitrogen and oxygen atoms in total. The molecule has 2 rings (SSSR count). The van der Waals surface area contributed by atoms with E-state index in [9.17, 15) is 4.79 Å². The van der Waals surface area contributed by atoms with E-state index in [-0.39, 0.29) is 5.91 Å². The summed E-state index contributed by atoms with van der Waals surface area (Å²) in [5.74, 6) is 0.778. The molecule has 1 aliphatic rings. The van der Waals surface area contributed by atoms with Gasteiger partial charge in [0.05, 0.1) is 12.8 Å². The molecule has 0 N–H and O–H groups in total. The third-order valence-corrected chi connectivity index (χ3v) is 3.64. The Hall–Kier alpha value is -1.88. The number of carbonyl (C=O) groups is 1. The highest BCUT2D eigenvalue weighted by Crippen LogP contribution is 2.20. The largest absolute Gasteiger partial charge is 0.492 e. The van der Waals surface area contributed by atoms with E-state index in [0.29, 0.717) is 19.7 Å². The zero-order valence-corrected chi connectivity index (χ0v) is 12.8. The zero-order valence-electron chi connectivity index (χ0n) is 12.8. The molecule has 114 valence electrons. The summed E-state index contributed by atoms with van der Waals surface area (Å²) in [7, 11) is 0. The Kier molecular flexibility index (Phi) is 5.75. The number of aliphatic imine (C=N–C) groups is 1. The van der Waals surface area contributed by atoms with Crippen molar-refractivity contribution in [3.8, 4) is 5.75 Å². The van der Waals surface area contributed by atoms with Crippen LogP contribution in [0.1, 0.15) is 13.8 Å². The van der Waals surface area contributed by atoms with Gasteiger partial charge in [-0.2, -0.15) is 0 Å². The van der Waals surface area contributed by atoms with E-state index in [0.717, 1.165) is 31.1 Å². The minimum absolute atomic E-state index is 0.0588. The van der Waals surface area contributed by atoms with Gasteiger partial charge >= 0.3 is 0 Å². The molecule has 0 saturated heterocycles. The first-order valence-corrected chi connectivity index (χ1v) is 7.51. The number of ether oxygens (including phenoxy) is 1. The predicted molar refractivity (Wildman–Crippen MR) is 85.4 cm³/mol. The molecule has 0 bridgehead atoms. The zero-order chi connectivity index (χ0) is 15.1. The number of amides is 1. The Bertz CT molecular complexity index is 481. The Morgan fingerprint density at radius 1 is 1.24 bits per heavy atom. The van der Waals surface area contributed by atoms with E-state index in [1.165, 1.54) is 6.21 Å². The lowest BCUT2D eigenvalue weighted by Crippen LogP contribution is -2.37. The second-order valence-corrected chi connectivity index (χ2v) is 4.89. The lowest BCUT2D eigenvalue weighted by molar-refractivity contribution is -0.112. The molecule has 21 heavy (non-hydrogen) atoms. The molecule has 1 aliphatic heterocycles. The molecular formula is C16H23N3O2. The normalized spacial score (nSPS) is 14.8. The number of benzene rings is 1. The Balaban J connectivity index is 1.87. The molecule has 0 fully saturated rings. The topological polar surface area (TPSA) is 45.1 Å². The quantitative estimate of drug-likeness (QED) is 0.769. The van der Waals surface area contributed by atoms with Crippen molar-refractivity contribution in [3.05, 3.63) is 24.3 Å². The maximum Gasteiger partial charge on any atom is 0.269 e. The van der Waals surface area contributed by atoms with E-state index < -0.39 is 0 Å². The van der Waals surface area contributed by atoms with Crippen LogP contribution in [-0.2, 0) is 4.79 Å². The van der Waals surface area contributed by atoms with Crippen molar-refractivity contribution in [1.29, 1.82) is 0 Å². The van der Waals surface area contributed by atoms with Gasteiger partial charge in [-0.3, -0.25) is 9.79 Å². The van der Waals surface area contributed by atoms with E-state index >= 15 is 0 Å². The summed E-state index contributed by atoms with van der Waals surface area (Å²) in [6.07, 6.45) is 1.39. The second-order valence-electron chi connectivity index (χ2n) is 4.89. The summed E-state index contributed by atoms with van der Waals surface area (Å²) in [4.78, 5) is 19.8. The fourth-order valence-electron chi connectivity index (χ4n) is 2.29. The molecule has 1 aromatic carbocycles. The third-order valence-electron chi connectivity index (χ3n) is 3.64. The summed E-state index contributed by atoms with van der Waals surface area (Å²) in [6.45, 7) is 9.28. The van der Waals surface area contributed by atoms with Crippen LogP contribution in [0.5, 0.6) is 5.75 Å². The molecule has 1 aromatic rings. The van der Waals surface area contributed by atoms with Crippen LogP contribution in [0.25, 0.3) is 0 Å². The first-order valence-electron chi connectivity index (χ1n) is 7.51. The summed E-state index contributed by atoms with van der Waals surface area (Å²) < 4.78 is 5.74. The predicted octanol–water partition coefficient (Wildman–Crippen LogP) is 1.82.